The summed E-state index contributed by atoms with van der Waals surface area (Å²) in [6.07, 6.45) is 0.526. The Hall–Kier alpha value is -3.80. The van der Waals surface area contributed by atoms with Crippen LogP contribution in [0.5, 0.6) is 5.88 Å². The van der Waals surface area contributed by atoms with Crippen LogP contribution in [-0.4, -0.2) is 67.2 Å². The van der Waals surface area contributed by atoms with Crippen molar-refractivity contribution in [2.24, 2.45) is 11.7 Å². The number of alkyl halides is 3. The topological polar surface area (TPSA) is 103 Å². The Morgan fingerprint density at radius 1 is 1.17 bits per heavy atom. The number of nitrogens with zero attached hydrogens (tertiary/aromatic N) is 5. The molecule has 1 saturated carbocycles. The van der Waals surface area contributed by atoms with Crippen LogP contribution in [0.4, 0.5) is 19.0 Å². The summed E-state index contributed by atoms with van der Waals surface area (Å²) in [6.45, 7) is 3.72. The van der Waals surface area contributed by atoms with Crippen molar-refractivity contribution in [3.05, 3.63) is 41.6 Å². The zero-order valence-corrected chi connectivity index (χ0v) is 23.8. The molecule has 0 aromatic carbocycles. The summed E-state index contributed by atoms with van der Waals surface area (Å²) in [5.74, 6) is 1.09. The number of imidazole rings is 1. The van der Waals surface area contributed by atoms with Crippen molar-refractivity contribution in [3.63, 3.8) is 0 Å². The van der Waals surface area contributed by atoms with Crippen LogP contribution in [0.1, 0.15) is 55.1 Å². The highest BCUT2D eigenvalue weighted by molar-refractivity contribution is 5.97. The molecule has 222 valence electrons. The number of carbonyl (C=O) groups excluding carboxylic acids is 1. The van der Waals surface area contributed by atoms with Gasteiger partial charge in [-0.15, -0.1) is 0 Å². The Balaban J connectivity index is 1.31. The maximum absolute atomic E-state index is 13.7. The number of aromatic nitrogens is 4. The molecule has 6 heterocycles. The van der Waals surface area contributed by atoms with Crippen LogP contribution in [0.25, 0.3) is 28.1 Å². The lowest BCUT2D eigenvalue weighted by Gasteiger charge is -2.23. The normalized spacial score (nSPS) is 22.8. The summed E-state index contributed by atoms with van der Waals surface area (Å²) in [5, 5.41) is 3.31. The van der Waals surface area contributed by atoms with Gasteiger partial charge in [0, 0.05) is 41.7 Å². The molecule has 0 radical (unpaired) electrons. The second kappa shape index (κ2) is 9.62. The first kappa shape index (κ1) is 27.1. The standard InChI is InChI=1S/C30H34F3N7O2/c1-15-27(23-10-18-6-9-24(35-16(2)30(31,32)33)36-28(18)38(23)14-17-4-5-17)37-25-11-19(12-26(42-3)39(15)25)29(41)40-20-7-8-22(40)21(34)13-20/h6,9-12,16-17,20-22H,4-5,7-8,13-14,34H2,1-3H3,(H,35,36)/t16-,20-,21+,22+/m0/s1. The van der Waals surface area contributed by atoms with Crippen molar-refractivity contribution in [1.82, 2.24) is 23.8 Å². The predicted molar refractivity (Wildman–Crippen MR) is 153 cm³/mol. The number of methoxy groups -OCH3 is 1. The van der Waals surface area contributed by atoms with Crippen molar-refractivity contribution < 1.29 is 22.7 Å². The largest absolute Gasteiger partial charge is 0.482 e. The van der Waals surface area contributed by atoms with Gasteiger partial charge in [-0.2, -0.15) is 13.2 Å². The number of pyridine rings is 2. The molecule has 1 aliphatic carbocycles. The fraction of sp³-hybridized carbons (Fsp3) is 0.500. The molecule has 9 nitrogen and oxygen atoms in total. The number of nitrogens with one attached hydrogen (secondary N) is 1. The van der Waals surface area contributed by atoms with E-state index in [1.54, 1.807) is 31.4 Å². The van der Waals surface area contributed by atoms with E-state index in [0.717, 1.165) is 55.8 Å². The molecular weight excluding hydrogens is 547 g/mol. The van der Waals surface area contributed by atoms with Gasteiger partial charge in [0.15, 0.2) is 5.88 Å². The summed E-state index contributed by atoms with van der Waals surface area (Å²) in [6, 6.07) is 7.42. The molecule has 4 aromatic heterocycles. The summed E-state index contributed by atoms with van der Waals surface area (Å²) in [4.78, 5) is 25.2. The van der Waals surface area contributed by atoms with Crippen molar-refractivity contribution >= 4 is 28.4 Å². The minimum atomic E-state index is -4.38. The number of rotatable bonds is 7. The van der Waals surface area contributed by atoms with Gasteiger partial charge in [0.05, 0.1) is 18.5 Å². The lowest BCUT2D eigenvalue weighted by atomic mass is 9.97. The summed E-state index contributed by atoms with van der Waals surface area (Å²) in [5.41, 5.74) is 10.4. The smallest absolute Gasteiger partial charge is 0.408 e. The number of aryl methyl sites for hydroxylation is 1. The van der Waals surface area contributed by atoms with Gasteiger partial charge in [-0.25, -0.2) is 9.97 Å². The number of hydrogen-bond donors (Lipinski definition) is 2. The van der Waals surface area contributed by atoms with Gasteiger partial charge in [-0.1, -0.05) is 0 Å². The predicted octanol–water partition coefficient (Wildman–Crippen LogP) is 5.14. The van der Waals surface area contributed by atoms with Gasteiger partial charge in [0.25, 0.3) is 5.91 Å². The number of amides is 1. The van der Waals surface area contributed by atoms with E-state index in [0.29, 0.717) is 40.9 Å². The fourth-order valence-corrected chi connectivity index (χ4v) is 6.74. The van der Waals surface area contributed by atoms with E-state index in [4.69, 9.17) is 15.5 Å². The molecule has 4 atom stereocenters. The van der Waals surface area contributed by atoms with Crippen LogP contribution in [0.2, 0.25) is 0 Å². The van der Waals surface area contributed by atoms with E-state index in [1.807, 2.05) is 22.3 Å². The zero-order valence-electron chi connectivity index (χ0n) is 23.8. The molecule has 3 fully saturated rings. The lowest BCUT2D eigenvalue weighted by Crippen LogP contribution is -2.40. The second-order valence-electron chi connectivity index (χ2n) is 12.0. The first-order valence-corrected chi connectivity index (χ1v) is 14.5. The highest BCUT2D eigenvalue weighted by atomic mass is 19.4. The van der Waals surface area contributed by atoms with Crippen molar-refractivity contribution in [1.29, 1.82) is 0 Å². The van der Waals surface area contributed by atoms with Crippen LogP contribution >= 0.6 is 0 Å². The SMILES string of the molecule is COc1cc(C(=O)N2[C@H]3CC[C@@H]2[C@H](N)C3)cc2nc(-c3cc4ccc(N[C@@H](C)C(F)(F)F)nc4n3CC3CC3)c(C)n12. The minimum Gasteiger partial charge on any atom is -0.482 e. The number of hydrogen-bond acceptors (Lipinski definition) is 6. The van der Waals surface area contributed by atoms with E-state index < -0.39 is 12.2 Å². The van der Waals surface area contributed by atoms with E-state index in [1.165, 1.54) is 0 Å². The molecule has 3 aliphatic rings. The van der Waals surface area contributed by atoms with Crippen LogP contribution in [-0.2, 0) is 6.54 Å². The Morgan fingerprint density at radius 2 is 1.95 bits per heavy atom. The van der Waals surface area contributed by atoms with Gasteiger partial charge in [-0.3, -0.25) is 9.20 Å². The first-order chi connectivity index (χ1) is 20.0. The molecule has 12 heteroatoms. The molecule has 2 saturated heterocycles. The van der Waals surface area contributed by atoms with E-state index >= 15 is 0 Å². The second-order valence-corrected chi connectivity index (χ2v) is 12.0. The molecule has 2 bridgehead atoms. The average molecular weight is 582 g/mol. The van der Waals surface area contributed by atoms with Gasteiger partial charge in [0.2, 0.25) is 0 Å². The molecule has 7 rings (SSSR count). The molecule has 42 heavy (non-hydrogen) atoms. The average Bonchev–Trinajstić information content (AvgIpc) is 3.27. The van der Waals surface area contributed by atoms with Gasteiger partial charge >= 0.3 is 6.18 Å². The maximum Gasteiger partial charge on any atom is 0.408 e. The molecular formula is C30H34F3N7O2. The lowest BCUT2D eigenvalue weighted by molar-refractivity contribution is -0.138. The van der Waals surface area contributed by atoms with Gasteiger partial charge in [0.1, 0.15) is 28.8 Å². The van der Waals surface area contributed by atoms with Crippen LogP contribution < -0.4 is 15.8 Å². The van der Waals surface area contributed by atoms with E-state index in [-0.39, 0.29) is 29.9 Å². The monoisotopic (exact) mass is 581 g/mol. The number of fused-ring (bicyclic) bond motifs is 4. The molecule has 0 spiro atoms. The molecule has 1 amide bonds. The number of anilines is 1. The quantitative estimate of drug-likeness (QED) is 0.313. The molecule has 2 aliphatic heterocycles. The Morgan fingerprint density at radius 3 is 2.60 bits per heavy atom. The van der Waals surface area contributed by atoms with E-state index in [2.05, 4.69) is 14.9 Å². The zero-order chi connectivity index (χ0) is 29.5. The van der Waals surface area contributed by atoms with Crippen molar-refractivity contribution in [2.45, 2.75) is 82.8 Å². The van der Waals surface area contributed by atoms with E-state index in [9.17, 15) is 18.0 Å². The third kappa shape index (κ3) is 4.38. The van der Waals surface area contributed by atoms with Crippen LogP contribution in [0.3, 0.4) is 0 Å². The summed E-state index contributed by atoms with van der Waals surface area (Å²) >= 11 is 0. The van der Waals surface area contributed by atoms with Gasteiger partial charge < -0.3 is 25.3 Å². The first-order valence-electron chi connectivity index (χ1n) is 14.5. The third-order valence-electron chi connectivity index (χ3n) is 9.17. The fourth-order valence-electron chi connectivity index (χ4n) is 6.74. The van der Waals surface area contributed by atoms with Gasteiger partial charge in [-0.05, 0) is 76.1 Å². The Bertz CT molecular complexity index is 1710. The number of nitrogens with two attached hydrogens (primary N) is 1. The summed E-state index contributed by atoms with van der Waals surface area (Å²) < 4.78 is 49.4. The third-order valence-corrected chi connectivity index (χ3v) is 9.17. The van der Waals surface area contributed by atoms with Crippen LogP contribution in [0.15, 0.2) is 30.3 Å². The molecule has 4 aromatic rings. The number of ether oxygens (including phenoxy) is 1. The maximum atomic E-state index is 13.7. The van der Waals surface area contributed by atoms with Crippen molar-refractivity contribution in [3.8, 4) is 17.3 Å². The highest BCUT2D eigenvalue weighted by Crippen LogP contribution is 2.40. The molecule has 0 unspecified atom stereocenters. The number of carbonyl (C=O) groups is 1. The van der Waals surface area contributed by atoms with Crippen molar-refractivity contribution in [2.75, 3.05) is 12.4 Å². The molecule has 3 N–H and O–H groups in total. The summed E-state index contributed by atoms with van der Waals surface area (Å²) in [7, 11) is 1.57. The number of halogens is 3. The highest BCUT2D eigenvalue weighted by Gasteiger charge is 2.47. The minimum absolute atomic E-state index is 0.00739. The van der Waals surface area contributed by atoms with Crippen LogP contribution in [0, 0.1) is 12.8 Å². The Kier molecular flexibility index (Phi) is 6.20. The Labute approximate surface area is 240 Å².